The summed E-state index contributed by atoms with van der Waals surface area (Å²) in [5.41, 5.74) is 6.44. The van der Waals surface area contributed by atoms with Crippen LogP contribution < -0.4 is 10.6 Å². The van der Waals surface area contributed by atoms with Gasteiger partial charge in [0.25, 0.3) is 0 Å². The molecule has 1 aromatic heterocycles. The number of carbonyl (C=O) groups excluding carboxylic acids is 1. The van der Waals surface area contributed by atoms with E-state index in [1.165, 1.54) is 13.4 Å². The van der Waals surface area contributed by atoms with E-state index >= 15 is 0 Å². The molecule has 0 spiro atoms. The largest absolute Gasteiger partial charge is 0.469 e. The number of anilines is 2. The Morgan fingerprint density at radius 3 is 2.92 bits per heavy atom. The minimum absolute atomic E-state index is 0.0244. The van der Waals surface area contributed by atoms with Crippen molar-refractivity contribution in [3.63, 3.8) is 0 Å². The van der Waals surface area contributed by atoms with Crippen LogP contribution in [0.1, 0.15) is 18.4 Å². The highest BCUT2D eigenvalue weighted by Crippen LogP contribution is 2.24. The second kappa shape index (κ2) is 8.43. The Labute approximate surface area is 147 Å². The first kappa shape index (κ1) is 19.4. The van der Waals surface area contributed by atoms with Gasteiger partial charge in [0.2, 0.25) is 5.95 Å². The summed E-state index contributed by atoms with van der Waals surface area (Å²) in [5.74, 6) is 0.519. The normalized spacial score (nSPS) is 17.7. The van der Waals surface area contributed by atoms with E-state index < -0.39 is 9.84 Å². The fraction of sp³-hybridized carbons (Fsp3) is 0.667. The van der Waals surface area contributed by atoms with Gasteiger partial charge >= 0.3 is 5.97 Å². The first-order valence-corrected chi connectivity index (χ1v) is 10.1. The number of ether oxygens (including phenoxy) is 2. The van der Waals surface area contributed by atoms with Crippen molar-refractivity contribution in [2.24, 2.45) is 0 Å². The summed E-state index contributed by atoms with van der Waals surface area (Å²) in [5, 5.41) is 0. The first-order chi connectivity index (χ1) is 11.8. The van der Waals surface area contributed by atoms with Gasteiger partial charge in [0.15, 0.2) is 0 Å². The first-order valence-electron chi connectivity index (χ1n) is 8.01. The fourth-order valence-electron chi connectivity index (χ4n) is 2.62. The summed E-state index contributed by atoms with van der Waals surface area (Å²) < 4.78 is 33.1. The van der Waals surface area contributed by atoms with Crippen LogP contribution in [-0.2, 0) is 30.5 Å². The van der Waals surface area contributed by atoms with Crippen molar-refractivity contribution < 1.29 is 22.7 Å². The molecule has 9 nitrogen and oxygen atoms in total. The molecule has 1 aromatic rings. The fourth-order valence-corrected chi connectivity index (χ4v) is 3.21. The highest BCUT2D eigenvalue weighted by atomic mass is 32.2. The topological polar surface area (TPSA) is 125 Å². The second-order valence-corrected chi connectivity index (χ2v) is 8.27. The number of nitrogens with zero attached hydrogens (tertiary/aromatic N) is 3. The summed E-state index contributed by atoms with van der Waals surface area (Å²) in [6, 6.07) is 0. The van der Waals surface area contributed by atoms with Gasteiger partial charge in [-0.05, 0) is 12.8 Å². The molecule has 0 bridgehead atoms. The minimum atomic E-state index is -3.08. The number of hydrogen-bond donors (Lipinski definition) is 1. The van der Waals surface area contributed by atoms with Gasteiger partial charge in [-0.2, -0.15) is 4.98 Å². The molecule has 140 valence electrons. The van der Waals surface area contributed by atoms with E-state index in [9.17, 15) is 13.2 Å². The highest BCUT2D eigenvalue weighted by molar-refractivity contribution is 7.90. The zero-order valence-electron chi connectivity index (χ0n) is 14.5. The van der Waals surface area contributed by atoms with E-state index in [2.05, 4.69) is 14.7 Å². The quantitative estimate of drug-likeness (QED) is 0.618. The molecule has 0 amide bonds. The lowest BCUT2D eigenvalue weighted by molar-refractivity contribution is -0.142. The van der Waals surface area contributed by atoms with Crippen LogP contribution in [0.2, 0.25) is 0 Å². The number of nitrogen functional groups attached to an aromatic ring is 1. The Balaban J connectivity index is 1.99. The molecule has 0 unspecified atom stereocenters. The number of hydrogen-bond acceptors (Lipinski definition) is 9. The van der Waals surface area contributed by atoms with Crippen molar-refractivity contribution in [3.05, 3.63) is 11.8 Å². The van der Waals surface area contributed by atoms with Crippen LogP contribution >= 0.6 is 0 Å². The third-order valence-electron chi connectivity index (χ3n) is 3.93. The van der Waals surface area contributed by atoms with Crippen molar-refractivity contribution in [1.29, 1.82) is 0 Å². The maximum Gasteiger partial charge on any atom is 0.307 e. The van der Waals surface area contributed by atoms with E-state index in [1.54, 1.807) is 6.20 Å². The molecule has 1 aliphatic heterocycles. The van der Waals surface area contributed by atoms with Crippen molar-refractivity contribution in [2.45, 2.75) is 25.4 Å². The molecular weight excluding hydrogens is 348 g/mol. The van der Waals surface area contributed by atoms with Crippen molar-refractivity contribution in [1.82, 2.24) is 9.97 Å². The van der Waals surface area contributed by atoms with Gasteiger partial charge in [-0.15, -0.1) is 0 Å². The molecule has 2 heterocycles. The molecular formula is C15H24N4O5S. The van der Waals surface area contributed by atoms with Crippen LogP contribution in [0.4, 0.5) is 11.8 Å². The van der Waals surface area contributed by atoms with Gasteiger partial charge in [0.1, 0.15) is 15.7 Å². The molecule has 1 atom stereocenters. The molecule has 2 N–H and O–H groups in total. The molecule has 10 heteroatoms. The van der Waals surface area contributed by atoms with E-state index in [4.69, 9.17) is 10.5 Å². The lowest BCUT2D eigenvalue weighted by Gasteiger charge is -2.20. The van der Waals surface area contributed by atoms with Crippen LogP contribution in [0.15, 0.2) is 6.20 Å². The average Bonchev–Trinajstić information content (AvgIpc) is 3.01. The standard InChI is InChI=1S/C15H24N4O5S/c1-23-13(20)4-7-24-12-3-6-19(10-12)14-11(5-8-25(2,21)22)9-17-15(16)18-14/h9,12H,3-8,10H2,1-2H3,(H2,16,17,18)/t12-/m0/s1. The predicted octanol–water partition coefficient (Wildman–Crippen LogP) is -0.196. The number of esters is 1. The third kappa shape index (κ3) is 6.13. The van der Waals surface area contributed by atoms with E-state index in [0.717, 1.165) is 12.0 Å². The number of sulfone groups is 1. The van der Waals surface area contributed by atoms with E-state index in [-0.39, 0.29) is 30.2 Å². The zero-order valence-corrected chi connectivity index (χ0v) is 15.3. The van der Waals surface area contributed by atoms with Gasteiger partial charge in [-0.1, -0.05) is 0 Å². The number of aromatic nitrogens is 2. The number of nitrogens with two attached hydrogens (primary N) is 1. The highest BCUT2D eigenvalue weighted by Gasteiger charge is 2.26. The molecule has 1 fully saturated rings. The average molecular weight is 372 g/mol. The summed E-state index contributed by atoms with van der Waals surface area (Å²) in [7, 11) is -1.74. The van der Waals surface area contributed by atoms with Crippen LogP contribution in [0.5, 0.6) is 0 Å². The van der Waals surface area contributed by atoms with Crippen LogP contribution in [0, 0.1) is 0 Å². The lowest BCUT2D eigenvalue weighted by atomic mass is 10.2. The molecule has 25 heavy (non-hydrogen) atoms. The Kier molecular flexibility index (Phi) is 6.54. The molecule has 1 saturated heterocycles. The van der Waals surface area contributed by atoms with E-state index in [1.807, 2.05) is 4.90 Å². The maximum absolute atomic E-state index is 11.4. The number of rotatable bonds is 8. The van der Waals surface area contributed by atoms with Gasteiger partial charge < -0.3 is 20.1 Å². The SMILES string of the molecule is COC(=O)CCO[C@H]1CCN(c2nc(N)ncc2CCS(C)(=O)=O)C1. The molecule has 2 rings (SSSR count). The van der Waals surface area contributed by atoms with Crippen LogP contribution in [0.3, 0.4) is 0 Å². The molecule has 0 aromatic carbocycles. The van der Waals surface area contributed by atoms with Crippen molar-refractivity contribution >= 4 is 27.6 Å². The Hall–Kier alpha value is -1.94. The Morgan fingerprint density at radius 2 is 2.24 bits per heavy atom. The molecule has 1 aliphatic rings. The van der Waals surface area contributed by atoms with Gasteiger partial charge in [-0.3, -0.25) is 4.79 Å². The van der Waals surface area contributed by atoms with Gasteiger partial charge in [0.05, 0.1) is 32.0 Å². The minimum Gasteiger partial charge on any atom is -0.469 e. The number of carbonyl (C=O) groups is 1. The summed E-state index contributed by atoms with van der Waals surface area (Å²) >= 11 is 0. The van der Waals surface area contributed by atoms with Crippen LogP contribution in [-0.4, -0.2) is 69.3 Å². The number of methoxy groups -OCH3 is 1. The van der Waals surface area contributed by atoms with Gasteiger partial charge in [-0.25, -0.2) is 13.4 Å². The summed E-state index contributed by atoms with van der Waals surface area (Å²) in [4.78, 5) is 21.4. The lowest BCUT2D eigenvalue weighted by Crippen LogP contribution is -2.26. The van der Waals surface area contributed by atoms with Crippen molar-refractivity contribution in [2.75, 3.05) is 49.4 Å². The summed E-state index contributed by atoms with van der Waals surface area (Å²) in [6.45, 7) is 1.62. The van der Waals surface area contributed by atoms with Crippen LogP contribution in [0.25, 0.3) is 0 Å². The Bertz CT molecular complexity index is 710. The van der Waals surface area contributed by atoms with E-state index in [0.29, 0.717) is 31.9 Å². The molecule has 0 radical (unpaired) electrons. The molecule has 0 saturated carbocycles. The predicted molar refractivity (Wildman–Crippen MR) is 93.1 cm³/mol. The molecule has 0 aliphatic carbocycles. The van der Waals surface area contributed by atoms with Gasteiger partial charge in [0, 0.05) is 31.1 Å². The Morgan fingerprint density at radius 1 is 1.48 bits per heavy atom. The second-order valence-electron chi connectivity index (χ2n) is 6.01. The smallest absolute Gasteiger partial charge is 0.307 e. The summed E-state index contributed by atoms with van der Waals surface area (Å²) in [6.07, 6.45) is 4.09. The third-order valence-corrected chi connectivity index (χ3v) is 4.88. The monoisotopic (exact) mass is 372 g/mol. The maximum atomic E-state index is 11.4. The number of aryl methyl sites for hydroxylation is 1. The van der Waals surface area contributed by atoms with Crippen molar-refractivity contribution in [3.8, 4) is 0 Å². The zero-order chi connectivity index (χ0) is 18.4.